The topological polar surface area (TPSA) is 71.8 Å². The van der Waals surface area contributed by atoms with Crippen LogP contribution in [0.25, 0.3) is 5.69 Å². The molecule has 23 heavy (non-hydrogen) atoms. The second-order valence-corrected chi connectivity index (χ2v) is 5.33. The number of pyridine rings is 1. The van der Waals surface area contributed by atoms with E-state index in [2.05, 4.69) is 20.7 Å². The van der Waals surface area contributed by atoms with E-state index in [9.17, 15) is 4.79 Å². The highest BCUT2D eigenvalue weighted by atomic mass is 35.5. The first kappa shape index (κ1) is 15.1. The predicted octanol–water partition coefficient (Wildman–Crippen LogP) is 3.87. The van der Waals surface area contributed by atoms with Gasteiger partial charge in [0.15, 0.2) is 0 Å². The number of amides is 2. The molecule has 2 amide bonds. The van der Waals surface area contributed by atoms with Gasteiger partial charge in [-0.3, -0.25) is 4.98 Å². The molecule has 0 aliphatic heterocycles. The Morgan fingerprint density at radius 1 is 1.13 bits per heavy atom. The number of halogens is 1. The maximum atomic E-state index is 12.0. The molecule has 0 aliphatic rings. The van der Waals surface area contributed by atoms with Crippen molar-refractivity contribution in [3.63, 3.8) is 0 Å². The summed E-state index contributed by atoms with van der Waals surface area (Å²) >= 11 is 6.04. The molecule has 0 unspecified atom stereocenters. The molecule has 0 saturated heterocycles. The molecule has 0 radical (unpaired) electrons. The molecule has 2 aromatic heterocycles. The van der Waals surface area contributed by atoms with E-state index >= 15 is 0 Å². The molecule has 0 saturated carbocycles. The average Bonchev–Trinajstić information content (AvgIpc) is 3.00. The van der Waals surface area contributed by atoms with Crippen LogP contribution in [0.4, 0.5) is 16.2 Å². The highest BCUT2D eigenvalue weighted by Crippen LogP contribution is 2.20. The number of carbonyl (C=O) groups is 1. The van der Waals surface area contributed by atoms with Gasteiger partial charge in [0.05, 0.1) is 23.8 Å². The molecular weight excluding hydrogens is 314 g/mol. The fourth-order valence-corrected chi connectivity index (χ4v) is 2.17. The lowest BCUT2D eigenvalue weighted by molar-refractivity contribution is 0.262. The van der Waals surface area contributed by atoms with Crippen LogP contribution in [0, 0.1) is 6.92 Å². The SMILES string of the molecule is Cc1ccc(NC(=O)Nc2cnn(-c3ccncc3)c2)cc1Cl. The number of anilines is 2. The lowest BCUT2D eigenvalue weighted by atomic mass is 10.2. The van der Waals surface area contributed by atoms with Gasteiger partial charge in [-0.25, -0.2) is 9.48 Å². The molecule has 0 spiro atoms. The molecular formula is C16H14ClN5O. The minimum absolute atomic E-state index is 0.362. The quantitative estimate of drug-likeness (QED) is 0.767. The summed E-state index contributed by atoms with van der Waals surface area (Å²) in [6.07, 6.45) is 6.65. The Kier molecular flexibility index (Phi) is 4.25. The van der Waals surface area contributed by atoms with Crippen molar-refractivity contribution >= 4 is 29.0 Å². The normalized spacial score (nSPS) is 10.3. The number of carbonyl (C=O) groups excluding carboxylic acids is 1. The highest BCUT2D eigenvalue weighted by molar-refractivity contribution is 6.31. The van der Waals surface area contributed by atoms with Gasteiger partial charge in [-0.1, -0.05) is 17.7 Å². The molecule has 0 atom stereocenters. The second-order valence-electron chi connectivity index (χ2n) is 4.92. The molecule has 0 aliphatic carbocycles. The number of hydrogen-bond acceptors (Lipinski definition) is 3. The lowest BCUT2D eigenvalue weighted by Gasteiger charge is -2.07. The van der Waals surface area contributed by atoms with E-state index in [4.69, 9.17) is 11.6 Å². The Hall–Kier alpha value is -2.86. The van der Waals surface area contributed by atoms with Gasteiger partial charge in [0, 0.05) is 23.1 Å². The van der Waals surface area contributed by atoms with Gasteiger partial charge in [-0.2, -0.15) is 5.10 Å². The Balaban J connectivity index is 1.66. The second kappa shape index (κ2) is 6.50. The van der Waals surface area contributed by atoms with Gasteiger partial charge in [-0.15, -0.1) is 0 Å². The van der Waals surface area contributed by atoms with Gasteiger partial charge in [-0.05, 0) is 36.8 Å². The summed E-state index contributed by atoms with van der Waals surface area (Å²) in [5, 5.41) is 10.3. The van der Waals surface area contributed by atoms with Crippen LogP contribution in [0.1, 0.15) is 5.56 Å². The van der Waals surface area contributed by atoms with Crippen molar-refractivity contribution in [2.75, 3.05) is 10.6 Å². The molecule has 3 rings (SSSR count). The molecule has 6 nitrogen and oxygen atoms in total. The van der Waals surface area contributed by atoms with Gasteiger partial charge in [0.25, 0.3) is 0 Å². The first-order valence-corrected chi connectivity index (χ1v) is 7.29. The third-order valence-corrected chi connectivity index (χ3v) is 3.60. The van der Waals surface area contributed by atoms with E-state index in [-0.39, 0.29) is 6.03 Å². The Morgan fingerprint density at radius 2 is 1.87 bits per heavy atom. The summed E-state index contributed by atoms with van der Waals surface area (Å²) in [7, 11) is 0. The fraction of sp³-hybridized carbons (Fsp3) is 0.0625. The average molecular weight is 328 g/mol. The fourth-order valence-electron chi connectivity index (χ4n) is 1.99. The van der Waals surface area contributed by atoms with E-state index in [1.54, 1.807) is 41.6 Å². The maximum absolute atomic E-state index is 12.0. The minimum Gasteiger partial charge on any atom is -0.308 e. The predicted molar refractivity (Wildman–Crippen MR) is 90.2 cm³/mol. The van der Waals surface area contributed by atoms with Crippen LogP contribution >= 0.6 is 11.6 Å². The van der Waals surface area contributed by atoms with Crippen molar-refractivity contribution in [2.45, 2.75) is 6.92 Å². The molecule has 116 valence electrons. The van der Waals surface area contributed by atoms with Crippen LogP contribution in [-0.2, 0) is 0 Å². The van der Waals surface area contributed by atoms with Crippen molar-refractivity contribution in [1.82, 2.24) is 14.8 Å². The maximum Gasteiger partial charge on any atom is 0.323 e. The number of hydrogen-bond donors (Lipinski definition) is 2. The van der Waals surface area contributed by atoms with Gasteiger partial charge < -0.3 is 10.6 Å². The Labute approximate surface area is 138 Å². The van der Waals surface area contributed by atoms with Crippen LogP contribution in [0.2, 0.25) is 5.02 Å². The van der Waals surface area contributed by atoms with Crippen molar-refractivity contribution in [1.29, 1.82) is 0 Å². The number of nitrogens with one attached hydrogen (secondary N) is 2. The van der Waals surface area contributed by atoms with Gasteiger partial charge in [0.2, 0.25) is 0 Å². The molecule has 1 aromatic carbocycles. The third kappa shape index (κ3) is 3.67. The minimum atomic E-state index is -0.362. The zero-order valence-electron chi connectivity index (χ0n) is 12.3. The molecule has 0 bridgehead atoms. The molecule has 0 fully saturated rings. The van der Waals surface area contributed by atoms with Gasteiger partial charge in [0.1, 0.15) is 0 Å². The number of nitrogens with zero attached hydrogens (tertiary/aromatic N) is 3. The summed E-state index contributed by atoms with van der Waals surface area (Å²) in [5.74, 6) is 0. The van der Waals surface area contributed by atoms with Crippen molar-refractivity contribution in [3.05, 3.63) is 65.7 Å². The summed E-state index contributed by atoms with van der Waals surface area (Å²) in [6, 6.07) is 8.63. The number of urea groups is 1. The summed E-state index contributed by atoms with van der Waals surface area (Å²) in [4.78, 5) is 16.0. The van der Waals surface area contributed by atoms with Gasteiger partial charge >= 0.3 is 6.03 Å². The lowest BCUT2D eigenvalue weighted by Crippen LogP contribution is -2.19. The molecule has 2 N–H and O–H groups in total. The first-order chi connectivity index (χ1) is 11.1. The standard InChI is InChI=1S/C16H14ClN5O/c1-11-2-3-12(8-15(11)17)20-16(23)21-13-9-19-22(10-13)14-4-6-18-7-5-14/h2-10H,1H3,(H2,20,21,23). The van der Waals surface area contributed by atoms with E-state index < -0.39 is 0 Å². The number of aromatic nitrogens is 3. The number of benzene rings is 1. The number of aryl methyl sites for hydroxylation is 1. The monoisotopic (exact) mass is 327 g/mol. The third-order valence-electron chi connectivity index (χ3n) is 3.20. The largest absolute Gasteiger partial charge is 0.323 e. The van der Waals surface area contributed by atoms with E-state index in [1.165, 1.54) is 0 Å². The summed E-state index contributed by atoms with van der Waals surface area (Å²) < 4.78 is 1.65. The Bertz CT molecular complexity index is 831. The first-order valence-electron chi connectivity index (χ1n) is 6.91. The summed E-state index contributed by atoms with van der Waals surface area (Å²) in [5.41, 5.74) is 3.02. The van der Waals surface area contributed by atoms with Crippen LogP contribution < -0.4 is 10.6 Å². The highest BCUT2D eigenvalue weighted by Gasteiger charge is 2.06. The zero-order chi connectivity index (χ0) is 16.2. The molecule has 7 heteroatoms. The van der Waals surface area contributed by atoms with Crippen LogP contribution in [0.3, 0.4) is 0 Å². The van der Waals surface area contributed by atoms with Crippen molar-refractivity contribution in [2.24, 2.45) is 0 Å². The smallest absolute Gasteiger partial charge is 0.308 e. The van der Waals surface area contributed by atoms with E-state index in [0.29, 0.717) is 16.4 Å². The van der Waals surface area contributed by atoms with E-state index in [1.807, 2.05) is 25.1 Å². The Morgan fingerprint density at radius 3 is 2.61 bits per heavy atom. The van der Waals surface area contributed by atoms with Crippen molar-refractivity contribution < 1.29 is 4.79 Å². The van der Waals surface area contributed by atoms with Crippen molar-refractivity contribution in [3.8, 4) is 5.69 Å². The molecule has 3 aromatic rings. The summed E-state index contributed by atoms with van der Waals surface area (Å²) in [6.45, 7) is 1.90. The molecule has 2 heterocycles. The van der Waals surface area contributed by atoms with Crippen LogP contribution in [0.15, 0.2) is 55.1 Å². The zero-order valence-corrected chi connectivity index (χ0v) is 13.1. The van der Waals surface area contributed by atoms with E-state index in [0.717, 1.165) is 11.3 Å². The van der Waals surface area contributed by atoms with Crippen LogP contribution in [0.5, 0.6) is 0 Å². The van der Waals surface area contributed by atoms with Crippen LogP contribution in [-0.4, -0.2) is 20.8 Å². The number of rotatable bonds is 3.